The van der Waals surface area contributed by atoms with Crippen molar-refractivity contribution in [3.8, 4) is 0 Å². The van der Waals surface area contributed by atoms with Crippen LogP contribution in [0.1, 0.15) is 52.0 Å². The van der Waals surface area contributed by atoms with Crippen molar-refractivity contribution in [3.63, 3.8) is 0 Å². The molecule has 1 aliphatic heterocycles. The normalized spacial score (nSPS) is 17.7. The van der Waals surface area contributed by atoms with Gasteiger partial charge in [-0.1, -0.05) is 44.2 Å². The molecule has 46 heavy (non-hydrogen) atoms. The number of hydrogen-bond donors (Lipinski definition) is 7. The lowest BCUT2D eigenvalue weighted by molar-refractivity contribution is -0.143. The van der Waals surface area contributed by atoms with Crippen LogP contribution < -0.4 is 27.0 Å². The molecule has 1 aromatic rings. The molecule has 0 spiro atoms. The van der Waals surface area contributed by atoms with Gasteiger partial charge in [-0.3, -0.25) is 24.0 Å². The van der Waals surface area contributed by atoms with Gasteiger partial charge in [0.1, 0.15) is 30.2 Å². The Balaban J connectivity index is 2.01. The fraction of sp³-hybridized carbons (Fsp3) is 0.613. The summed E-state index contributed by atoms with van der Waals surface area (Å²) in [6.45, 7) is 4.60. The summed E-state index contributed by atoms with van der Waals surface area (Å²) in [5.74, 6) is -3.99. The Kier molecular flexibility index (Phi) is 16.0. The molecule has 256 valence electrons. The van der Waals surface area contributed by atoms with Crippen LogP contribution in [0.5, 0.6) is 0 Å². The van der Waals surface area contributed by atoms with E-state index in [1.54, 1.807) is 13.8 Å². The van der Waals surface area contributed by atoms with Crippen molar-refractivity contribution >= 4 is 47.3 Å². The Hall–Kier alpha value is -3.69. The van der Waals surface area contributed by atoms with Gasteiger partial charge < -0.3 is 42.1 Å². The van der Waals surface area contributed by atoms with Crippen molar-refractivity contribution in [2.45, 2.75) is 89.1 Å². The summed E-state index contributed by atoms with van der Waals surface area (Å²) in [6, 6.07) is 2.84. The Morgan fingerprint density at radius 2 is 1.54 bits per heavy atom. The van der Waals surface area contributed by atoms with Crippen molar-refractivity contribution in [2.24, 2.45) is 11.7 Å². The first kappa shape index (κ1) is 38.5. The molecule has 2 rings (SSSR count). The number of aliphatic hydroxyl groups excluding tert-OH is 1. The lowest BCUT2D eigenvalue weighted by atomic mass is 10.0. The van der Waals surface area contributed by atoms with Crippen molar-refractivity contribution in [2.75, 3.05) is 25.2 Å². The number of thioether (sulfide) groups is 1. The Morgan fingerprint density at radius 1 is 0.935 bits per heavy atom. The number of nitrogens with zero attached hydrogens (tertiary/aromatic N) is 1. The van der Waals surface area contributed by atoms with Crippen molar-refractivity contribution in [3.05, 3.63) is 35.9 Å². The molecule has 1 fully saturated rings. The van der Waals surface area contributed by atoms with Crippen LogP contribution in [0, 0.1) is 5.92 Å². The molecule has 6 atom stereocenters. The molecule has 0 aliphatic carbocycles. The van der Waals surface area contributed by atoms with Gasteiger partial charge in [-0.05, 0) is 62.5 Å². The van der Waals surface area contributed by atoms with E-state index < -0.39 is 72.5 Å². The lowest BCUT2D eigenvalue weighted by Gasteiger charge is -2.28. The van der Waals surface area contributed by atoms with Gasteiger partial charge in [0.15, 0.2) is 0 Å². The van der Waals surface area contributed by atoms with Crippen LogP contribution in [0.2, 0.25) is 0 Å². The molecule has 5 amide bonds. The van der Waals surface area contributed by atoms with Gasteiger partial charge >= 0.3 is 5.97 Å². The number of amides is 5. The number of carboxylic acid groups (broad SMARTS) is 1. The van der Waals surface area contributed by atoms with Gasteiger partial charge in [0.05, 0.1) is 12.6 Å². The lowest BCUT2D eigenvalue weighted by Crippen LogP contribution is -2.59. The van der Waals surface area contributed by atoms with Crippen LogP contribution in [0.25, 0.3) is 0 Å². The van der Waals surface area contributed by atoms with Crippen LogP contribution in [0.3, 0.4) is 0 Å². The van der Waals surface area contributed by atoms with E-state index >= 15 is 0 Å². The number of benzene rings is 1. The van der Waals surface area contributed by atoms with Crippen LogP contribution in [-0.4, -0.2) is 112 Å². The number of rotatable bonds is 18. The van der Waals surface area contributed by atoms with Gasteiger partial charge in [0.25, 0.3) is 0 Å². The second-order valence-electron chi connectivity index (χ2n) is 11.8. The molecule has 8 N–H and O–H groups in total. The number of carbonyl (C=O) groups is 6. The van der Waals surface area contributed by atoms with E-state index in [9.17, 15) is 39.0 Å². The van der Waals surface area contributed by atoms with Crippen LogP contribution in [0.4, 0.5) is 0 Å². The zero-order chi connectivity index (χ0) is 34.4. The summed E-state index contributed by atoms with van der Waals surface area (Å²) in [5, 5.41) is 29.2. The Labute approximate surface area is 274 Å². The predicted octanol–water partition coefficient (Wildman–Crippen LogP) is -0.617. The molecule has 1 saturated heterocycles. The van der Waals surface area contributed by atoms with Gasteiger partial charge in [0.2, 0.25) is 29.5 Å². The molecule has 0 bridgehead atoms. The molecular formula is C31H48N6O8S. The largest absolute Gasteiger partial charge is 0.480 e. The number of nitrogens with two attached hydrogens (primary N) is 1. The molecule has 6 unspecified atom stereocenters. The fourth-order valence-electron chi connectivity index (χ4n) is 5.08. The summed E-state index contributed by atoms with van der Waals surface area (Å²) >= 11 is 1.42. The highest BCUT2D eigenvalue weighted by Crippen LogP contribution is 2.19. The molecular weight excluding hydrogens is 616 g/mol. The smallest absolute Gasteiger partial charge is 0.326 e. The third-order valence-electron chi connectivity index (χ3n) is 7.59. The Bertz CT molecular complexity index is 1200. The highest BCUT2D eigenvalue weighted by Gasteiger charge is 2.37. The van der Waals surface area contributed by atoms with E-state index in [0.29, 0.717) is 31.6 Å². The summed E-state index contributed by atoms with van der Waals surface area (Å²) in [6.07, 6.45) is 3.46. The average molecular weight is 665 g/mol. The SMILES string of the molecule is CSCCC(NC(=O)C(C)NC(=O)C1CCCN1C(=O)C(N)Cc1ccccc1)C(=O)NC(CO)C(=O)NC(CC(C)C)C(=O)O. The van der Waals surface area contributed by atoms with Crippen LogP contribution in [-0.2, 0) is 35.2 Å². The summed E-state index contributed by atoms with van der Waals surface area (Å²) in [5.41, 5.74) is 7.09. The van der Waals surface area contributed by atoms with Gasteiger partial charge in [0, 0.05) is 6.54 Å². The maximum atomic E-state index is 13.2. The molecule has 1 aliphatic rings. The summed E-state index contributed by atoms with van der Waals surface area (Å²) in [4.78, 5) is 78.3. The number of hydrogen-bond acceptors (Lipinski definition) is 9. The van der Waals surface area contributed by atoms with E-state index in [-0.39, 0.29) is 24.7 Å². The maximum absolute atomic E-state index is 13.2. The van der Waals surface area contributed by atoms with E-state index in [2.05, 4.69) is 21.3 Å². The number of likely N-dealkylation sites (tertiary alicyclic amines) is 1. The molecule has 1 heterocycles. The van der Waals surface area contributed by atoms with Crippen LogP contribution >= 0.6 is 11.8 Å². The average Bonchev–Trinajstić information content (AvgIpc) is 3.51. The summed E-state index contributed by atoms with van der Waals surface area (Å²) in [7, 11) is 0. The Morgan fingerprint density at radius 3 is 2.13 bits per heavy atom. The molecule has 0 radical (unpaired) electrons. The third kappa shape index (κ3) is 11.9. The molecule has 14 nitrogen and oxygen atoms in total. The van der Waals surface area contributed by atoms with Crippen LogP contribution in [0.15, 0.2) is 30.3 Å². The number of aliphatic carboxylic acids is 1. The molecule has 1 aromatic carbocycles. The maximum Gasteiger partial charge on any atom is 0.326 e. The first-order valence-corrected chi connectivity index (χ1v) is 16.8. The molecule has 15 heteroatoms. The highest BCUT2D eigenvalue weighted by atomic mass is 32.2. The monoisotopic (exact) mass is 664 g/mol. The number of carbonyl (C=O) groups excluding carboxylic acids is 5. The zero-order valence-corrected chi connectivity index (χ0v) is 27.7. The third-order valence-corrected chi connectivity index (χ3v) is 8.23. The van der Waals surface area contributed by atoms with E-state index in [0.717, 1.165) is 5.56 Å². The van der Waals surface area contributed by atoms with E-state index in [1.807, 2.05) is 36.6 Å². The predicted molar refractivity (Wildman–Crippen MR) is 173 cm³/mol. The van der Waals surface area contributed by atoms with Crippen molar-refractivity contribution in [1.82, 2.24) is 26.2 Å². The quantitative estimate of drug-likeness (QED) is 0.105. The first-order chi connectivity index (χ1) is 21.8. The molecule has 0 saturated carbocycles. The number of carboxylic acids is 1. The van der Waals surface area contributed by atoms with Gasteiger partial charge in [-0.25, -0.2) is 4.79 Å². The second-order valence-corrected chi connectivity index (χ2v) is 12.8. The van der Waals surface area contributed by atoms with E-state index in [1.165, 1.54) is 23.6 Å². The number of aliphatic hydroxyl groups is 1. The minimum absolute atomic E-state index is 0.0355. The summed E-state index contributed by atoms with van der Waals surface area (Å²) < 4.78 is 0. The minimum atomic E-state index is -1.45. The fourth-order valence-corrected chi connectivity index (χ4v) is 5.55. The number of nitrogens with one attached hydrogen (secondary N) is 4. The van der Waals surface area contributed by atoms with Gasteiger partial charge in [-0.2, -0.15) is 11.8 Å². The van der Waals surface area contributed by atoms with Crippen molar-refractivity contribution in [1.29, 1.82) is 0 Å². The second kappa shape index (κ2) is 19.1. The van der Waals surface area contributed by atoms with E-state index in [4.69, 9.17) is 5.73 Å². The minimum Gasteiger partial charge on any atom is -0.480 e. The van der Waals surface area contributed by atoms with Crippen molar-refractivity contribution < 1.29 is 39.0 Å². The first-order valence-electron chi connectivity index (χ1n) is 15.4. The highest BCUT2D eigenvalue weighted by molar-refractivity contribution is 7.98. The standard InChI is InChI=1S/C31H48N6O8S/c1-18(2)15-23(31(44)45)35-28(41)24(17-38)36-27(40)22(12-14-46-4)34-26(39)19(3)33-29(42)25-11-8-13-37(25)30(43)21(32)16-20-9-6-5-7-10-20/h5-7,9-10,18-19,21-25,38H,8,11-17,32H2,1-4H3,(H,33,42)(H,34,39)(H,35,41)(H,36,40)(H,44,45). The topological polar surface area (TPSA) is 220 Å². The van der Waals surface area contributed by atoms with Gasteiger partial charge in [-0.15, -0.1) is 0 Å². The zero-order valence-electron chi connectivity index (χ0n) is 26.9. The molecule has 0 aromatic heterocycles.